The van der Waals surface area contributed by atoms with Crippen molar-refractivity contribution in [2.75, 3.05) is 5.01 Å². The van der Waals surface area contributed by atoms with Crippen LogP contribution in [0.25, 0.3) is 0 Å². The number of benzene rings is 4. The van der Waals surface area contributed by atoms with Gasteiger partial charge in [-0.25, -0.2) is 9.79 Å². The van der Waals surface area contributed by atoms with E-state index in [1.165, 1.54) is 0 Å². The minimum Gasteiger partial charge on any atom is -0.507 e. The monoisotopic (exact) mass is 435 g/mol. The number of nitrogens with zero attached hydrogens (tertiary/aromatic N) is 2. The fourth-order valence-corrected chi connectivity index (χ4v) is 4.12. The van der Waals surface area contributed by atoms with E-state index in [4.69, 9.17) is 4.99 Å². The van der Waals surface area contributed by atoms with E-state index < -0.39 is 11.6 Å². The summed E-state index contributed by atoms with van der Waals surface area (Å²) < 4.78 is 0. The molecule has 6 nitrogen and oxygen atoms in total. The van der Waals surface area contributed by atoms with Crippen molar-refractivity contribution in [1.82, 2.24) is 5.43 Å². The summed E-state index contributed by atoms with van der Waals surface area (Å²) in [6.45, 7) is 0. The molecular formula is C27H21N3O3. The molecule has 0 radical (unpaired) electrons. The lowest BCUT2D eigenvalue weighted by molar-refractivity contribution is 0.0697. The molecule has 5 rings (SSSR count). The van der Waals surface area contributed by atoms with Gasteiger partial charge in [0.1, 0.15) is 5.75 Å². The summed E-state index contributed by atoms with van der Waals surface area (Å²) in [5, 5.41) is 21.8. The molecule has 4 aromatic rings. The Bertz CT molecular complexity index is 1280. The summed E-state index contributed by atoms with van der Waals surface area (Å²) in [5.41, 5.74) is 5.70. The van der Waals surface area contributed by atoms with Gasteiger partial charge in [0.05, 0.1) is 16.8 Å². The predicted molar refractivity (Wildman–Crippen MR) is 127 cm³/mol. The van der Waals surface area contributed by atoms with Crippen LogP contribution in [0.4, 0.5) is 5.69 Å². The van der Waals surface area contributed by atoms with Gasteiger partial charge < -0.3 is 10.2 Å². The van der Waals surface area contributed by atoms with Crippen molar-refractivity contribution in [3.05, 3.63) is 131 Å². The number of carboxylic acids is 1. The Balaban J connectivity index is 1.77. The van der Waals surface area contributed by atoms with Gasteiger partial charge in [-0.15, -0.1) is 0 Å². The molecule has 0 aromatic heterocycles. The molecule has 0 amide bonds. The van der Waals surface area contributed by atoms with Crippen LogP contribution in [0.15, 0.2) is 114 Å². The third-order valence-electron chi connectivity index (χ3n) is 5.70. The first-order valence-electron chi connectivity index (χ1n) is 10.5. The van der Waals surface area contributed by atoms with Gasteiger partial charge in [-0.1, -0.05) is 72.8 Å². The van der Waals surface area contributed by atoms with Gasteiger partial charge in [-0.05, 0) is 36.4 Å². The van der Waals surface area contributed by atoms with E-state index in [1.807, 2.05) is 71.7 Å². The number of phenols is 1. The number of aromatic hydroxyl groups is 1. The zero-order valence-corrected chi connectivity index (χ0v) is 17.6. The molecule has 6 heteroatoms. The molecule has 0 bridgehead atoms. The number of rotatable bonds is 5. The van der Waals surface area contributed by atoms with Gasteiger partial charge in [0.2, 0.25) is 5.66 Å². The van der Waals surface area contributed by atoms with Crippen molar-refractivity contribution in [3.8, 4) is 5.75 Å². The van der Waals surface area contributed by atoms with E-state index in [-0.39, 0.29) is 11.3 Å². The maximum atomic E-state index is 11.4. The maximum Gasteiger partial charge on any atom is 0.335 e. The molecule has 162 valence electrons. The number of hydrogen-bond donors (Lipinski definition) is 3. The van der Waals surface area contributed by atoms with Crippen LogP contribution in [0.2, 0.25) is 0 Å². The van der Waals surface area contributed by atoms with Gasteiger partial charge >= 0.3 is 5.97 Å². The fraction of sp³-hybridized carbons (Fsp3) is 0.0370. The number of hydrazine groups is 1. The molecule has 0 saturated carbocycles. The quantitative estimate of drug-likeness (QED) is 0.421. The van der Waals surface area contributed by atoms with Gasteiger partial charge in [0.25, 0.3) is 0 Å². The highest BCUT2D eigenvalue weighted by molar-refractivity contribution is 6.04. The van der Waals surface area contributed by atoms with E-state index in [0.717, 1.165) is 16.8 Å². The first-order chi connectivity index (χ1) is 16.1. The SMILES string of the molecule is O=C(O)c1ccc(N2NC(c3ccccc3O)=NC2(c2ccccc2)c2ccccc2)cc1. The molecule has 0 atom stereocenters. The second kappa shape index (κ2) is 8.16. The zero-order valence-electron chi connectivity index (χ0n) is 17.6. The topological polar surface area (TPSA) is 85.2 Å². The number of amidine groups is 1. The number of carbonyl (C=O) groups is 1. The second-order valence-corrected chi connectivity index (χ2v) is 7.68. The highest BCUT2D eigenvalue weighted by atomic mass is 16.4. The van der Waals surface area contributed by atoms with Gasteiger partial charge in [0.15, 0.2) is 5.84 Å². The van der Waals surface area contributed by atoms with Crippen molar-refractivity contribution < 1.29 is 15.0 Å². The number of anilines is 1. The van der Waals surface area contributed by atoms with E-state index in [0.29, 0.717) is 11.4 Å². The largest absolute Gasteiger partial charge is 0.507 e. The molecule has 1 aliphatic heterocycles. The molecule has 0 fully saturated rings. The van der Waals surface area contributed by atoms with Crippen molar-refractivity contribution in [2.45, 2.75) is 5.66 Å². The van der Waals surface area contributed by atoms with Crippen molar-refractivity contribution in [3.63, 3.8) is 0 Å². The summed E-state index contributed by atoms with van der Waals surface area (Å²) in [5.74, 6) is -0.371. The van der Waals surface area contributed by atoms with E-state index in [2.05, 4.69) is 5.43 Å². The summed E-state index contributed by atoms with van der Waals surface area (Å²) in [6.07, 6.45) is 0. The summed E-state index contributed by atoms with van der Waals surface area (Å²) in [6, 6.07) is 33.4. The molecule has 1 aliphatic rings. The third kappa shape index (κ3) is 3.47. The van der Waals surface area contributed by atoms with Crippen LogP contribution in [0.5, 0.6) is 5.75 Å². The zero-order chi connectivity index (χ0) is 22.8. The average molecular weight is 435 g/mol. The number of para-hydroxylation sites is 1. The van der Waals surface area contributed by atoms with Crippen LogP contribution < -0.4 is 10.4 Å². The molecule has 0 unspecified atom stereocenters. The number of aromatic carboxylic acids is 1. The highest BCUT2D eigenvalue weighted by Crippen LogP contribution is 2.43. The maximum absolute atomic E-state index is 11.4. The lowest BCUT2D eigenvalue weighted by atomic mass is 9.90. The summed E-state index contributed by atoms with van der Waals surface area (Å²) in [4.78, 5) is 16.6. The van der Waals surface area contributed by atoms with Crippen molar-refractivity contribution in [1.29, 1.82) is 0 Å². The van der Waals surface area contributed by atoms with Crippen LogP contribution in [0.1, 0.15) is 27.0 Å². The molecule has 0 aliphatic carbocycles. The molecule has 0 saturated heterocycles. The molecular weight excluding hydrogens is 414 g/mol. The smallest absolute Gasteiger partial charge is 0.335 e. The lowest BCUT2D eigenvalue weighted by Gasteiger charge is -2.38. The van der Waals surface area contributed by atoms with Crippen LogP contribution in [0, 0.1) is 0 Å². The third-order valence-corrected chi connectivity index (χ3v) is 5.70. The predicted octanol–water partition coefficient (Wildman–Crippen LogP) is 4.76. The van der Waals surface area contributed by atoms with Crippen molar-refractivity contribution >= 4 is 17.5 Å². The minimum atomic E-state index is -0.995. The number of aliphatic imine (C=N–C) groups is 1. The Kier molecular flexibility index (Phi) is 5.03. The second-order valence-electron chi connectivity index (χ2n) is 7.68. The fourth-order valence-electron chi connectivity index (χ4n) is 4.12. The first-order valence-corrected chi connectivity index (χ1v) is 10.5. The van der Waals surface area contributed by atoms with Crippen LogP contribution >= 0.6 is 0 Å². The van der Waals surface area contributed by atoms with E-state index >= 15 is 0 Å². The standard InChI is InChI=1S/C27H21N3O3/c31-24-14-8-7-13-23(24)25-28-27(20-9-3-1-4-10-20,21-11-5-2-6-12-21)30(29-25)22-17-15-19(16-18-22)26(32)33/h1-18,31H,(H,28,29)(H,32,33). The van der Waals surface area contributed by atoms with Gasteiger partial charge in [-0.3, -0.25) is 10.4 Å². The normalized spacial score (nSPS) is 14.4. The molecule has 33 heavy (non-hydrogen) atoms. The Labute approximate surface area is 191 Å². The van der Waals surface area contributed by atoms with Crippen molar-refractivity contribution in [2.24, 2.45) is 4.99 Å². The average Bonchev–Trinajstić information content (AvgIpc) is 3.27. The lowest BCUT2D eigenvalue weighted by Crippen LogP contribution is -2.49. The number of carboxylic acid groups (broad SMARTS) is 1. The molecule has 4 aromatic carbocycles. The highest BCUT2D eigenvalue weighted by Gasteiger charge is 2.46. The molecule has 3 N–H and O–H groups in total. The number of hydrogen-bond acceptors (Lipinski definition) is 5. The first kappa shape index (κ1) is 20.3. The van der Waals surface area contributed by atoms with E-state index in [1.54, 1.807) is 42.5 Å². The Morgan fingerprint density at radius 1 is 0.758 bits per heavy atom. The Hall–Kier alpha value is -4.58. The molecule has 1 heterocycles. The Morgan fingerprint density at radius 3 is 1.85 bits per heavy atom. The summed E-state index contributed by atoms with van der Waals surface area (Å²) >= 11 is 0. The van der Waals surface area contributed by atoms with Crippen LogP contribution in [-0.4, -0.2) is 22.0 Å². The van der Waals surface area contributed by atoms with E-state index in [9.17, 15) is 15.0 Å². The molecule has 0 spiro atoms. The summed E-state index contributed by atoms with van der Waals surface area (Å²) in [7, 11) is 0. The number of phenolic OH excluding ortho intramolecular Hbond substituents is 1. The van der Waals surface area contributed by atoms with Crippen LogP contribution in [-0.2, 0) is 5.66 Å². The van der Waals surface area contributed by atoms with Gasteiger partial charge in [0, 0.05) is 11.1 Å². The van der Waals surface area contributed by atoms with Crippen LogP contribution in [0.3, 0.4) is 0 Å². The number of nitrogens with one attached hydrogen (secondary N) is 1. The van der Waals surface area contributed by atoms with Gasteiger partial charge in [-0.2, -0.15) is 0 Å². The Morgan fingerprint density at radius 2 is 1.30 bits per heavy atom. The minimum absolute atomic E-state index is 0.113.